The number of hydrogen-bond donors (Lipinski definition) is 2. The zero-order valence-electron chi connectivity index (χ0n) is 14.1. The molecule has 0 aliphatic carbocycles. The number of carbonyl (C=O) groups excluding carboxylic acids is 2. The third-order valence-corrected chi connectivity index (χ3v) is 3.90. The molecule has 2 aromatic carbocycles. The quantitative estimate of drug-likeness (QED) is 0.674. The Balaban J connectivity index is 1.72. The van der Waals surface area contributed by atoms with Crippen molar-refractivity contribution in [3.63, 3.8) is 0 Å². The van der Waals surface area contributed by atoms with Gasteiger partial charge in [-0.05, 0) is 11.6 Å². The van der Waals surface area contributed by atoms with Gasteiger partial charge in [-0.2, -0.15) is 0 Å². The van der Waals surface area contributed by atoms with Crippen LogP contribution in [0.5, 0.6) is 0 Å². The smallest absolute Gasteiger partial charge is 0.251 e. The predicted molar refractivity (Wildman–Crippen MR) is 99.2 cm³/mol. The number of aromatic amines is 1. The molecule has 130 valence electrons. The van der Waals surface area contributed by atoms with Gasteiger partial charge in [-0.15, -0.1) is 0 Å². The average molecular weight is 346 g/mol. The van der Waals surface area contributed by atoms with Crippen molar-refractivity contribution in [3.05, 3.63) is 106 Å². The van der Waals surface area contributed by atoms with Gasteiger partial charge >= 0.3 is 0 Å². The average Bonchev–Trinajstić information content (AvgIpc) is 2.67. The second-order valence-corrected chi connectivity index (χ2v) is 5.89. The molecule has 0 saturated heterocycles. The third kappa shape index (κ3) is 4.54. The van der Waals surface area contributed by atoms with E-state index in [0.29, 0.717) is 17.8 Å². The third-order valence-electron chi connectivity index (χ3n) is 3.90. The minimum Gasteiger partial charge on any atom is -0.348 e. The van der Waals surface area contributed by atoms with Crippen LogP contribution in [-0.2, 0) is 13.0 Å². The fourth-order valence-electron chi connectivity index (χ4n) is 2.61. The van der Waals surface area contributed by atoms with Crippen LogP contribution in [0.1, 0.15) is 32.0 Å². The number of aromatic nitrogens is 1. The molecule has 0 atom stereocenters. The molecule has 0 radical (unpaired) electrons. The van der Waals surface area contributed by atoms with Gasteiger partial charge in [0, 0.05) is 29.4 Å². The largest absolute Gasteiger partial charge is 0.348 e. The van der Waals surface area contributed by atoms with E-state index in [0.717, 1.165) is 5.56 Å². The number of hydrogen-bond acceptors (Lipinski definition) is 3. The number of carbonyl (C=O) groups is 2. The first-order chi connectivity index (χ1) is 12.6. The summed E-state index contributed by atoms with van der Waals surface area (Å²) in [5, 5.41) is 2.78. The summed E-state index contributed by atoms with van der Waals surface area (Å²) in [6.45, 7) is 0.366. The molecule has 0 saturated carbocycles. The summed E-state index contributed by atoms with van der Waals surface area (Å²) in [5.74, 6) is -0.476. The second-order valence-electron chi connectivity index (χ2n) is 5.89. The molecule has 5 heteroatoms. The maximum atomic E-state index is 12.3. The molecule has 1 aromatic heterocycles. The number of Topliss-reactive ketones (excluding diaryl/α,β-unsaturated/α-hetero) is 1. The van der Waals surface area contributed by atoms with Crippen LogP contribution in [0.2, 0.25) is 0 Å². The van der Waals surface area contributed by atoms with Gasteiger partial charge in [0.05, 0.1) is 6.42 Å². The fraction of sp³-hybridized carbons (Fsp3) is 0.0952. The van der Waals surface area contributed by atoms with Crippen LogP contribution in [-0.4, -0.2) is 16.7 Å². The van der Waals surface area contributed by atoms with E-state index in [2.05, 4.69) is 10.3 Å². The lowest BCUT2D eigenvalue weighted by atomic mass is 10.1. The number of rotatable bonds is 6. The number of nitrogens with one attached hydrogen (secondary N) is 2. The molecule has 2 N–H and O–H groups in total. The first-order valence-corrected chi connectivity index (χ1v) is 8.25. The molecule has 5 nitrogen and oxygen atoms in total. The molecule has 0 aliphatic heterocycles. The topological polar surface area (TPSA) is 79.0 Å². The summed E-state index contributed by atoms with van der Waals surface area (Å²) in [7, 11) is 0. The Hall–Kier alpha value is -3.47. The van der Waals surface area contributed by atoms with Crippen molar-refractivity contribution in [1.82, 2.24) is 10.3 Å². The maximum Gasteiger partial charge on any atom is 0.251 e. The summed E-state index contributed by atoms with van der Waals surface area (Å²) in [5.41, 5.74) is 1.77. The minimum atomic E-state index is -0.409. The van der Waals surface area contributed by atoms with Gasteiger partial charge in [0.25, 0.3) is 5.91 Å². The van der Waals surface area contributed by atoms with Gasteiger partial charge in [-0.1, -0.05) is 60.7 Å². The van der Waals surface area contributed by atoms with E-state index in [1.807, 2.05) is 36.4 Å². The van der Waals surface area contributed by atoms with Crippen LogP contribution in [0.3, 0.4) is 0 Å². The number of H-pyrrole nitrogens is 1. The lowest BCUT2D eigenvalue weighted by Gasteiger charge is -2.07. The van der Waals surface area contributed by atoms with E-state index in [-0.39, 0.29) is 23.7 Å². The second kappa shape index (κ2) is 8.07. The summed E-state index contributed by atoms with van der Waals surface area (Å²) >= 11 is 0. The summed E-state index contributed by atoms with van der Waals surface area (Å²) < 4.78 is 0. The fourth-order valence-corrected chi connectivity index (χ4v) is 2.61. The highest BCUT2D eigenvalue weighted by atomic mass is 16.2. The highest BCUT2D eigenvalue weighted by molar-refractivity contribution is 5.98. The van der Waals surface area contributed by atoms with Gasteiger partial charge in [0.1, 0.15) is 0 Å². The lowest BCUT2D eigenvalue weighted by Crippen LogP contribution is -2.25. The Morgan fingerprint density at radius 1 is 0.846 bits per heavy atom. The number of ketones is 1. The number of benzene rings is 2. The molecule has 0 unspecified atom stereocenters. The number of amides is 1. The van der Waals surface area contributed by atoms with Crippen LogP contribution < -0.4 is 10.9 Å². The Bertz CT molecular complexity index is 963. The Morgan fingerprint density at radius 2 is 1.50 bits per heavy atom. The van der Waals surface area contributed by atoms with E-state index >= 15 is 0 Å². The van der Waals surface area contributed by atoms with Crippen LogP contribution in [0, 0.1) is 0 Å². The van der Waals surface area contributed by atoms with Gasteiger partial charge < -0.3 is 10.3 Å². The lowest BCUT2D eigenvalue weighted by molar-refractivity contribution is 0.0947. The monoisotopic (exact) mass is 346 g/mol. The van der Waals surface area contributed by atoms with E-state index in [1.54, 1.807) is 30.3 Å². The molecule has 0 aliphatic rings. The zero-order valence-corrected chi connectivity index (χ0v) is 14.1. The molecule has 26 heavy (non-hydrogen) atoms. The van der Waals surface area contributed by atoms with Crippen LogP contribution in [0.4, 0.5) is 0 Å². The number of pyridine rings is 1. The van der Waals surface area contributed by atoms with Gasteiger partial charge in [-0.25, -0.2) is 0 Å². The molecule has 0 bridgehead atoms. The Morgan fingerprint density at radius 3 is 2.19 bits per heavy atom. The molecule has 3 rings (SSSR count). The zero-order chi connectivity index (χ0) is 18.4. The van der Waals surface area contributed by atoms with Crippen molar-refractivity contribution in [3.8, 4) is 0 Å². The summed E-state index contributed by atoms with van der Waals surface area (Å²) in [6.07, 6.45) is 0.0268. The van der Waals surface area contributed by atoms with E-state index in [4.69, 9.17) is 0 Å². The van der Waals surface area contributed by atoms with Crippen LogP contribution in [0.15, 0.2) is 77.6 Å². The van der Waals surface area contributed by atoms with Gasteiger partial charge in [0.15, 0.2) is 5.78 Å². The van der Waals surface area contributed by atoms with Crippen molar-refractivity contribution in [2.75, 3.05) is 0 Å². The summed E-state index contributed by atoms with van der Waals surface area (Å²) in [4.78, 5) is 39.1. The SMILES string of the molecule is O=C(Cc1cc(C(=O)NCc2ccccc2)cc(=O)[nH]1)c1ccccc1. The highest BCUT2D eigenvalue weighted by Gasteiger charge is 2.12. The molecular formula is C21H18N2O3. The van der Waals surface area contributed by atoms with Gasteiger partial charge in [0.2, 0.25) is 5.56 Å². The molecule has 1 amide bonds. The van der Waals surface area contributed by atoms with Crippen molar-refractivity contribution in [2.45, 2.75) is 13.0 Å². The Kier molecular flexibility index (Phi) is 5.39. The molecular weight excluding hydrogens is 328 g/mol. The van der Waals surface area contributed by atoms with Crippen molar-refractivity contribution in [2.24, 2.45) is 0 Å². The van der Waals surface area contributed by atoms with Gasteiger partial charge in [-0.3, -0.25) is 14.4 Å². The first-order valence-electron chi connectivity index (χ1n) is 8.25. The van der Waals surface area contributed by atoms with E-state index in [9.17, 15) is 14.4 Å². The molecule has 0 spiro atoms. The normalized spacial score (nSPS) is 10.3. The van der Waals surface area contributed by atoms with E-state index in [1.165, 1.54) is 6.07 Å². The highest BCUT2D eigenvalue weighted by Crippen LogP contribution is 2.07. The standard InChI is InChI=1S/C21H18N2O3/c24-19(16-9-5-2-6-10-16)13-18-11-17(12-20(25)23-18)21(26)22-14-15-7-3-1-4-8-15/h1-12H,13-14H2,(H,22,26)(H,23,25). The minimum absolute atomic E-state index is 0.0268. The Labute approximate surface area is 150 Å². The van der Waals surface area contributed by atoms with Crippen molar-refractivity contribution >= 4 is 11.7 Å². The van der Waals surface area contributed by atoms with Crippen LogP contribution >= 0.6 is 0 Å². The molecule has 1 heterocycles. The first kappa shape index (κ1) is 17.4. The van der Waals surface area contributed by atoms with E-state index < -0.39 is 5.56 Å². The van der Waals surface area contributed by atoms with Crippen molar-refractivity contribution < 1.29 is 9.59 Å². The predicted octanol–water partition coefficient (Wildman–Crippen LogP) is 2.73. The summed E-state index contributed by atoms with van der Waals surface area (Å²) in [6, 6.07) is 21.1. The van der Waals surface area contributed by atoms with Crippen LogP contribution in [0.25, 0.3) is 0 Å². The molecule has 0 fully saturated rings. The maximum absolute atomic E-state index is 12.3. The van der Waals surface area contributed by atoms with Crippen molar-refractivity contribution in [1.29, 1.82) is 0 Å². The molecule has 3 aromatic rings.